The Hall–Kier alpha value is -6.36. The molecule has 24 heteroatoms. The van der Waals surface area contributed by atoms with Gasteiger partial charge in [0, 0.05) is 25.9 Å². The highest BCUT2D eigenvalue weighted by Gasteiger charge is 2.43. The van der Waals surface area contributed by atoms with Gasteiger partial charge in [0.05, 0.1) is 0 Å². The topological polar surface area (TPSA) is 325 Å². The second-order valence-electron chi connectivity index (χ2n) is 23.7. The summed E-state index contributed by atoms with van der Waals surface area (Å²) in [5.41, 5.74) is 13.3. The van der Waals surface area contributed by atoms with Crippen molar-refractivity contribution in [2.75, 3.05) is 26.2 Å². The number of nitrogens with zero attached hydrogens (tertiary/aromatic N) is 2. The molecule has 12 N–H and O–H groups in total. The molecule has 0 radical (unpaired) electrons. The summed E-state index contributed by atoms with van der Waals surface area (Å²) in [5, 5.41) is 22.8. The molecule has 0 spiro atoms. The monoisotopic (exact) mass is 1210 g/mol. The Morgan fingerprint density at radius 2 is 0.726 bits per heavy atom. The Morgan fingerprint density at radius 1 is 0.417 bits per heavy atom. The molecule has 10 amide bonds. The molecule has 3 fully saturated rings. The van der Waals surface area contributed by atoms with Crippen molar-refractivity contribution in [1.82, 2.24) is 52.3 Å². The Balaban J connectivity index is 0.00000924. The smallest absolute Gasteiger partial charge is 0.246 e. The van der Waals surface area contributed by atoms with Gasteiger partial charge in [-0.3, -0.25) is 47.9 Å². The SMILES string of the molecule is CC(C)C[C@@H]1NC(=O)[C@H](CCCN)NC(=O)[C@H](C(C)C)NC(=O)[C@@H]2CCCN2C(=O)[C@@H](Cc2ccccc2)NC(=O)[C@H](CC(C)C)NC(=O)[C@H](CCCN)NC(=O)[C@H](C(C)C)NC(=O)[C@@H]2CCCN2C(=O)[C@@H](Cc2ccccc2)NC1=O.Cl.Cl. The van der Waals surface area contributed by atoms with E-state index in [9.17, 15) is 47.9 Å². The summed E-state index contributed by atoms with van der Waals surface area (Å²) in [7, 11) is 0. The molecule has 3 aliphatic rings. The zero-order valence-electron chi connectivity index (χ0n) is 50.1. The number of carbonyl (C=O) groups is 10. The van der Waals surface area contributed by atoms with Crippen molar-refractivity contribution in [3.63, 3.8) is 0 Å². The molecule has 3 aliphatic heterocycles. The molecular formula is C60H94Cl2N12O10. The number of hydrogen-bond donors (Lipinski definition) is 10. The number of hydrogen-bond acceptors (Lipinski definition) is 12. The summed E-state index contributed by atoms with van der Waals surface area (Å²) in [5.74, 6) is -7.75. The highest BCUT2D eigenvalue weighted by atomic mass is 35.5. The van der Waals surface area contributed by atoms with Gasteiger partial charge in [-0.2, -0.15) is 0 Å². The summed E-state index contributed by atoms with van der Waals surface area (Å²) in [4.78, 5) is 149. The van der Waals surface area contributed by atoms with Gasteiger partial charge in [-0.25, -0.2) is 0 Å². The van der Waals surface area contributed by atoms with Gasteiger partial charge in [0.2, 0.25) is 59.1 Å². The fraction of sp³-hybridized carbons (Fsp3) is 0.633. The average molecular weight is 1210 g/mol. The summed E-state index contributed by atoms with van der Waals surface area (Å²) in [6, 6.07) is 6.30. The number of rotatable bonds is 16. The van der Waals surface area contributed by atoms with Crippen LogP contribution < -0.4 is 54.0 Å². The summed E-state index contributed by atoms with van der Waals surface area (Å²) in [6.07, 6.45) is 2.45. The number of halogens is 2. The van der Waals surface area contributed by atoms with Crippen LogP contribution in [-0.4, -0.2) is 155 Å². The number of amides is 10. The molecule has 0 bridgehead atoms. The van der Waals surface area contributed by atoms with E-state index >= 15 is 0 Å². The minimum Gasteiger partial charge on any atom is -0.343 e. The normalized spacial score (nSPS) is 25.9. The third-order valence-electron chi connectivity index (χ3n) is 15.3. The Bertz CT molecular complexity index is 2340. The van der Waals surface area contributed by atoms with Crippen molar-refractivity contribution < 1.29 is 47.9 Å². The molecule has 0 aliphatic carbocycles. The fourth-order valence-corrected chi connectivity index (χ4v) is 10.9. The first-order chi connectivity index (χ1) is 39.0. The number of carbonyl (C=O) groups excluding carboxylic acids is 10. The first-order valence-corrected chi connectivity index (χ1v) is 29.5. The molecule has 22 nitrogen and oxygen atoms in total. The van der Waals surface area contributed by atoms with Gasteiger partial charge in [0.25, 0.3) is 0 Å². The molecule has 0 aromatic heterocycles. The molecule has 3 heterocycles. The van der Waals surface area contributed by atoms with Crippen LogP contribution in [0.15, 0.2) is 60.7 Å². The molecule has 84 heavy (non-hydrogen) atoms. The Labute approximate surface area is 508 Å². The van der Waals surface area contributed by atoms with E-state index in [-0.39, 0.29) is 114 Å². The maximum absolute atomic E-state index is 14.9. The van der Waals surface area contributed by atoms with Crippen LogP contribution in [0.5, 0.6) is 0 Å². The van der Waals surface area contributed by atoms with E-state index < -0.39 is 131 Å². The van der Waals surface area contributed by atoms with E-state index in [1.807, 2.05) is 39.8 Å². The number of benzene rings is 2. The first kappa shape index (κ1) is 71.9. The zero-order chi connectivity index (χ0) is 60.2. The first-order valence-electron chi connectivity index (χ1n) is 29.5. The van der Waals surface area contributed by atoms with E-state index in [0.717, 1.165) is 0 Å². The summed E-state index contributed by atoms with van der Waals surface area (Å²) < 4.78 is 0. The van der Waals surface area contributed by atoms with Gasteiger partial charge in [-0.1, -0.05) is 116 Å². The summed E-state index contributed by atoms with van der Waals surface area (Å²) in [6.45, 7) is 15.0. The lowest BCUT2D eigenvalue weighted by molar-refractivity contribution is -0.143. The molecule has 5 rings (SSSR count). The Kier molecular flexibility index (Phi) is 30.1. The average Bonchev–Trinajstić information content (AvgIpc) is 4.21. The quantitative estimate of drug-likeness (QED) is 0.116. The van der Waals surface area contributed by atoms with Gasteiger partial charge in [-0.15, -0.1) is 24.8 Å². The Morgan fingerprint density at radius 3 is 1.04 bits per heavy atom. The maximum atomic E-state index is 14.9. The van der Waals surface area contributed by atoms with Crippen LogP contribution in [0.1, 0.15) is 131 Å². The number of nitrogens with one attached hydrogen (secondary N) is 8. The lowest BCUT2D eigenvalue weighted by atomic mass is 9.99. The molecule has 10 atom stereocenters. The molecule has 3 saturated heterocycles. The van der Waals surface area contributed by atoms with Crippen LogP contribution in [0.4, 0.5) is 0 Å². The van der Waals surface area contributed by atoms with Crippen molar-refractivity contribution in [3.05, 3.63) is 71.8 Å². The molecular weight excluding hydrogens is 1120 g/mol. The van der Waals surface area contributed by atoms with E-state index in [1.54, 1.807) is 76.2 Å². The predicted molar refractivity (Wildman–Crippen MR) is 325 cm³/mol. The van der Waals surface area contributed by atoms with Crippen LogP contribution in [0.3, 0.4) is 0 Å². The molecule has 0 unspecified atom stereocenters. The third kappa shape index (κ3) is 21.0. The van der Waals surface area contributed by atoms with Crippen LogP contribution in [0.25, 0.3) is 0 Å². The summed E-state index contributed by atoms with van der Waals surface area (Å²) >= 11 is 0. The lowest BCUT2D eigenvalue weighted by Gasteiger charge is -2.33. The lowest BCUT2D eigenvalue weighted by Crippen LogP contribution is -2.62. The van der Waals surface area contributed by atoms with Gasteiger partial charge in [0.1, 0.15) is 60.4 Å². The largest absolute Gasteiger partial charge is 0.343 e. The molecule has 2 aromatic carbocycles. The van der Waals surface area contributed by atoms with E-state index in [4.69, 9.17) is 11.5 Å². The molecule has 0 saturated carbocycles. The van der Waals surface area contributed by atoms with Crippen molar-refractivity contribution in [2.45, 2.75) is 193 Å². The highest BCUT2D eigenvalue weighted by Crippen LogP contribution is 2.24. The van der Waals surface area contributed by atoms with Gasteiger partial charge in [0.15, 0.2) is 0 Å². The van der Waals surface area contributed by atoms with Gasteiger partial charge < -0.3 is 63.8 Å². The minimum atomic E-state index is -1.22. The maximum Gasteiger partial charge on any atom is 0.246 e. The standard InChI is InChI=1S/C60H92N12O10.2ClH/c1-35(2)31-43-53(75)67-45(33-39-19-11-9-12-20-39)59(81)71-29-17-25-47(71)55(77)70-50(38(7)8)58(80)64-42(24-16-28-62)52(74)66-44(32-36(3)4)54(76)68-46(34-40-21-13-10-14-22-40)60(82)72-30-18-26-48(72)56(78)69-49(37(5)6)57(79)63-41(23-15-27-61)51(73)65-43;;/h9-14,19-22,35-38,41-50H,15-18,23-34,61-62H2,1-8H3,(H,63,79)(H,64,80)(H,65,73)(H,66,74)(H,67,75)(H,68,76)(H,69,78)(H,70,77);2*1H/t41-,42-,43-,44-,45+,46+,47-,48-,49-,50-;;/m0../s1. The number of nitrogens with two attached hydrogens (primary N) is 2. The minimum absolute atomic E-state index is 0. The molecule has 468 valence electrons. The highest BCUT2D eigenvalue weighted by molar-refractivity contribution is 6.00. The zero-order valence-corrected chi connectivity index (χ0v) is 51.8. The molecule has 2 aromatic rings. The fourth-order valence-electron chi connectivity index (χ4n) is 10.9. The van der Waals surface area contributed by atoms with Crippen LogP contribution >= 0.6 is 24.8 Å². The van der Waals surface area contributed by atoms with Gasteiger partial charge >= 0.3 is 0 Å². The second-order valence-corrected chi connectivity index (χ2v) is 23.7. The van der Waals surface area contributed by atoms with E-state index in [1.165, 1.54) is 9.80 Å². The van der Waals surface area contributed by atoms with E-state index in [2.05, 4.69) is 42.5 Å². The van der Waals surface area contributed by atoms with Crippen LogP contribution in [0.2, 0.25) is 0 Å². The third-order valence-corrected chi connectivity index (χ3v) is 15.3. The van der Waals surface area contributed by atoms with Crippen molar-refractivity contribution in [3.8, 4) is 0 Å². The van der Waals surface area contributed by atoms with Crippen LogP contribution in [-0.2, 0) is 60.8 Å². The second kappa shape index (κ2) is 35.2. The van der Waals surface area contributed by atoms with Crippen molar-refractivity contribution in [2.24, 2.45) is 35.1 Å². The van der Waals surface area contributed by atoms with Crippen molar-refractivity contribution >= 4 is 83.9 Å². The van der Waals surface area contributed by atoms with E-state index in [0.29, 0.717) is 36.8 Å². The van der Waals surface area contributed by atoms with Gasteiger partial charge in [-0.05, 0) is 112 Å². The van der Waals surface area contributed by atoms with Crippen molar-refractivity contribution in [1.29, 1.82) is 0 Å². The number of fused-ring (bicyclic) bond motifs is 2. The predicted octanol–water partition coefficient (Wildman–Crippen LogP) is 2.07. The van der Waals surface area contributed by atoms with Crippen LogP contribution in [0, 0.1) is 23.7 Å².